The molecule has 20 heavy (non-hydrogen) atoms. The molecule has 2 atom stereocenters. The van der Waals surface area contributed by atoms with E-state index in [2.05, 4.69) is 16.5 Å². The highest BCUT2D eigenvalue weighted by Crippen LogP contribution is 2.33. The molecule has 0 saturated carbocycles. The standard InChI is InChI=1S/C15H21N3O2/c1-3-19-13-7-4-6-11-14(13)17-15(16)18(11)10(2)12-8-5-9-20-12/h4,6-7,10,12H,3,5,8-9H2,1-2H3,(H2,16,17). The number of imidazole rings is 1. The summed E-state index contributed by atoms with van der Waals surface area (Å²) in [5.41, 5.74) is 7.97. The fourth-order valence-electron chi connectivity index (χ4n) is 2.96. The highest BCUT2D eigenvalue weighted by atomic mass is 16.5. The molecule has 0 bridgehead atoms. The van der Waals surface area contributed by atoms with Gasteiger partial charge >= 0.3 is 0 Å². The lowest BCUT2D eigenvalue weighted by Gasteiger charge is -2.21. The van der Waals surface area contributed by atoms with E-state index in [-0.39, 0.29) is 12.1 Å². The molecule has 1 aromatic heterocycles. The van der Waals surface area contributed by atoms with Crippen LogP contribution in [0.3, 0.4) is 0 Å². The predicted octanol–water partition coefficient (Wildman–Crippen LogP) is 2.76. The van der Waals surface area contributed by atoms with E-state index in [4.69, 9.17) is 15.2 Å². The van der Waals surface area contributed by atoms with Crippen molar-refractivity contribution < 1.29 is 9.47 Å². The molecular weight excluding hydrogens is 254 g/mol. The summed E-state index contributed by atoms with van der Waals surface area (Å²) in [6.45, 7) is 5.56. The summed E-state index contributed by atoms with van der Waals surface area (Å²) in [6.07, 6.45) is 2.41. The van der Waals surface area contributed by atoms with Crippen LogP contribution in [0.15, 0.2) is 18.2 Å². The van der Waals surface area contributed by atoms with Crippen LogP contribution < -0.4 is 10.5 Å². The van der Waals surface area contributed by atoms with Crippen LogP contribution in [-0.2, 0) is 4.74 Å². The summed E-state index contributed by atoms with van der Waals surface area (Å²) in [7, 11) is 0. The Labute approximate surface area is 118 Å². The maximum atomic E-state index is 6.13. The van der Waals surface area contributed by atoms with Crippen LogP contribution in [0.4, 0.5) is 5.95 Å². The number of para-hydroxylation sites is 1. The molecule has 1 aromatic carbocycles. The molecule has 2 N–H and O–H groups in total. The zero-order chi connectivity index (χ0) is 14.1. The molecule has 3 rings (SSSR count). The molecule has 2 heterocycles. The normalized spacial score (nSPS) is 20.4. The zero-order valence-electron chi connectivity index (χ0n) is 12.0. The lowest BCUT2D eigenvalue weighted by atomic mass is 10.1. The van der Waals surface area contributed by atoms with Crippen molar-refractivity contribution >= 4 is 17.0 Å². The van der Waals surface area contributed by atoms with E-state index in [0.29, 0.717) is 12.6 Å². The Morgan fingerprint density at radius 2 is 2.40 bits per heavy atom. The first kappa shape index (κ1) is 13.2. The minimum Gasteiger partial charge on any atom is -0.492 e. The van der Waals surface area contributed by atoms with Gasteiger partial charge in [-0.15, -0.1) is 0 Å². The topological polar surface area (TPSA) is 62.3 Å². The van der Waals surface area contributed by atoms with E-state index in [1.165, 1.54) is 0 Å². The molecule has 2 unspecified atom stereocenters. The number of anilines is 1. The van der Waals surface area contributed by atoms with Gasteiger partial charge in [0, 0.05) is 6.61 Å². The molecule has 1 aliphatic heterocycles. The Morgan fingerprint density at radius 1 is 1.55 bits per heavy atom. The predicted molar refractivity (Wildman–Crippen MR) is 79.0 cm³/mol. The van der Waals surface area contributed by atoms with Gasteiger partial charge in [-0.3, -0.25) is 0 Å². The van der Waals surface area contributed by atoms with Crippen LogP contribution >= 0.6 is 0 Å². The molecular formula is C15H21N3O2. The first-order chi connectivity index (χ1) is 9.72. The maximum Gasteiger partial charge on any atom is 0.201 e. The number of aromatic nitrogens is 2. The van der Waals surface area contributed by atoms with E-state index < -0.39 is 0 Å². The number of ether oxygens (including phenoxy) is 2. The number of fused-ring (bicyclic) bond motifs is 1. The Kier molecular flexibility index (Phi) is 3.53. The number of nitrogens with two attached hydrogens (primary N) is 1. The third kappa shape index (κ3) is 2.12. The molecule has 0 radical (unpaired) electrons. The van der Waals surface area contributed by atoms with Crippen molar-refractivity contribution in [3.05, 3.63) is 18.2 Å². The lowest BCUT2D eigenvalue weighted by molar-refractivity contribution is 0.0751. The maximum absolute atomic E-state index is 6.13. The second kappa shape index (κ2) is 5.32. The van der Waals surface area contributed by atoms with Crippen LogP contribution in [0, 0.1) is 0 Å². The molecule has 1 aliphatic rings. The van der Waals surface area contributed by atoms with E-state index in [9.17, 15) is 0 Å². The Hall–Kier alpha value is -1.75. The Balaban J connectivity index is 2.06. The first-order valence-corrected chi connectivity index (χ1v) is 7.23. The van der Waals surface area contributed by atoms with Crippen LogP contribution in [0.5, 0.6) is 5.75 Å². The number of benzene rings is 1. The van der Waals surface area contributed by atoms with E-state index in [0.717, 1.165) is 36.2 Å². The smallest absolute Gasteiger partial charge is 0.201 e. The van der Waals surface area contributed by atoms with Crippen molar-refractivity contribution in [1.82, 2.24) is 9.55 Å². The largest absolute Gasteiger partial charge is 0.492 e. The number of nitrogen functional groups attached to an aromatic ring is 1. The van der Waals surface area contributed by atoms with E-state index in [1.807, 2.05) is 25.1 Å². The molecule has 108 valence electrons. The van der Waals surface area contributed by atoms with Gasteiger partial charge < -0.3 is 19.8 Å². The van der Waals surface area contributed by atoms with Crippen molar-refractivity contribution in [1.29, 1.82) is 0 Å². The Morgan fingerprint density at radius 3 is 3.10 bits per heavy atom. The second-order valence-corrected chi connectivity index (χ2v) is 5.19. The van der Waals surface area contributed by atoms with Crippen LogP contribution in [0.2, 0.25) is 0 Å². The van der Waals surface area contributed by atoms with Gasteiger partial charge in [-0.1, -0.05) is 6.07 Å². The summed E-state index contributed by atoms with van der Waals surface area (Å²) in [5, 5.41) is 0. The third-order valence-electron chi connectivity index (χ3n) is 3.92. The fraction of sp³-hybridized carbons (Fsp3) is 0.533. The van der Waals surface area contributed by atoms with E-state index in [1.54, 1.807) is 0 Å². The molecule has 0 spiro atoms. The summed E-state index contributed by atoms with van der Waals surface area (Å²) >= 11 is 0. The van der Waals surface area contributed by atoms with Crippen LogP contribution in [0.1, 0.15) is 32.7 Å². The second-order valence-electron chi connectivity index (χ2n) is 5.19. The van der Waals surface area contributed by atoms with Crippen molar-refractivity contribution in [3.8, 4) is 5.75 Å². The fourth-order valence-corrected chi connectivity index (χ4v) is 2.96. The summed E-state index contributed by atoms with van der Waals surface area (Å²) in [6, 6.07) is 6.12. The van der Waals surface area contributed by atoms with E-state index >= 15 is 0 Å². The summed E-state index contributed by atoms with van der Waals surface area (Å²) in [5.74, 6) is 1.31. The lowest BCUT2D eigenvalue weighted by Crippen LogP contribution is -2.22. The monoisotopic (exact) mass is 275 g/mol. The van der Waals surface area contributed by atoms with Crippen molar-refractivity contribution in [2.24, 2.45) is 0 Å². The summed E-state index contributed by atoms with van der Waals surface area (Å²) in [4.78, 5) is 4.48. The van der Waals surface area contributed by atoms with Crippen LogP contribution in [-0.4, -0.2) is 28.9 Å². The molecule has 5 nitrogen and oxygen atoms in total. The van der Waals surface area contributed by atoms with Crippen LogP contribution in [0.25, 0.3) is 11.0 Å². The minimum atomic E-state index is 0.180. The van der Waals surface area contributed by atoms with Gasteiger partial charge in [-0.25, -0.2) is 4.98 Å². The highest BCUT2D eigenvalue weighted by Gasteiger charge is 2.27. The van der Waals surface area contributed by atoms with Gasteiger partial charge in [-0.2, -0.15) is 0 Å². The summed E-state index contributed by atoms with van der Waals surface area (Å²) < 4.78 is 13.5. The molecule has 1 saturated heterocycles. The third-order valence-corrected chi connectivity index (χ3v) is 3.92. The van der Waals surface area contributed by atoms with Gasteiger partial charge in [-0.05, 0) is 38.8 Å². The van der Waals surface area contributed by atoms with Gasteiger partial charge in [0.2, 0.25) is 5.95 Å². The number of hydrogen-bond acceptors (Lipinski definition) is 4. The molecule has 2 aromatic rings. The SMILES string of the molecule is CCOc1cccc2c1nc(N)n2C(C)C1CCCO1. The van der Waals surface area contributed by atoms with Gasteiger partial charge in [0.15, 0.2) is 0 Å². The first-order valence-electron chi connectivity index (χ1n) is 7.23. The molecule has 1 fully saturated rings. The van der Waals surface area contributed by atoms with Crippen molar-refractivity contribution in [3.63, 3.8) is 0 Å². The molecule has 5 heteroatoms. The van der Waals surface area contributed by atoms with Crippen molar-refractivity contribution in [2.75, 3.05) is 18.9 Å². The number of nitrogens with zero attached hydrogens (tertiary/aromatic N) is 2. The quantitative estimate of drug-likeness (QED) is 0.932. The number of rotatable bonds is 4. The minimum absolute atomic E-state index is 0.180. The van der Waals surface area contributed by atoms with Crippen molar-refractivity contribution in [2.45, 2.75) is 38.8 Å². The number of hydrogen-bond donors (Lipinski definition) is 1. The van der Waals surface area contributed by atoms with Gasteiger partial charge in [0.05, 0.1) is 24.3 Å². The zero-order valence-corrected chi connectivity index (χ0v) is 12.0. The van der Waals surface area contributed by atoms with Gasteiger partial charge in [0.25, 0.3) is 0 Å². The average molecular weight is 275 g/mol. The average Bonchev–Trinajstić information content (AvgIpc) is 3.06. The molecule has 0 aliphatic carbocycles. The molecule has 0 amide bonds. The highest BCUT2D eigenvalue weighted by molar-refractivity contribution is 5.84. The van der Waals surface area contributed by atoms with Gasteiger partial charge in [0.1, 0.15) is 11.3 Å². The Bertz CT molecular complexity index is 602.